The molecule has 0 aliphatic rings. The lowest BCUT2D eigenvalue weighted by Gasteiger charge is -2.13. The first-order chi connectivity index (χ1) is 8.08. The van der Waals surface area contributed by atoms with Gasteiger partial charge in [0.15, 0.2) is 0 Å². The van der Waals surface area contributed by atoms with Crippen molar-refractivity contribution in [3.8, 4) is 0 Å². The van der Waals surface area contributed by atoms with Crippen molar-refractivity contribution >= 4 is 5.69 Å². The molecule has 0 saturated heterocycles. The van der Waals surface area contributed by atoms with Crippen molar-refractivity contribution in [1.82, 2.24) is 9.97 Å². The van der Waals surface area contributed by atoms with E-state index < -0.39 is 0 Å². The van der Waals surface area contributed by atoms with Gasteiger partial charge in [0.05, 0.1) is 18.6 Å². The topological polar surface area (TPSA) is 40.7 Å². The van der Waals surface area contributed by atoms with Crippen molar-refractivity contribution in [3.05, 3.63) is 46.5 Å². The molecule has 3 heteroatoms. The van der Waals surface area contributed by atoms with Crippen LogP contribution in [0.2, 0.25) is 0 Å². The highest BCUT2D eigenvalue weighted by molar-refractivity contribution is 5.58. The summed E-state index contributed by atoms with van der Waals surface area (Å²) in [5, 5.41) is 3.47. The monoisotopic (exact) mass is 229 g/mol. The van der Waals surface area contributed by atoms with Crippen LogP contribution in [-0.4, -0.2) is 9.97 Å². The molecule has 1 heterocycles. The van der Waals surface area contributed by atoms with E-state index in [-0.39, 0.29) is 0 Å². The fourth-order valence-electron chi connectivity index (χ4n) is 2.20. The molecule has 0 spiro atoms. The summed E-state index contributed by atoms with van der Waals surface area (Å²) in [6.45, 7) is 9.21. The van der Waals surface area contributed by atoms with Crippen molar-refractivity contribution in [2.24, 2.45) is 0 Å². The van der Waals surface area contributed by atoms with Crippen molar-refractivity contribution in [2.75, 3.05) is 5.32 Å². The molecule has 2 rings (SSSR count). The SMILES string of the molecule is Cc1cc(C)c(NCc2nc[nH]c2C)c(C)c1. The molecule has 90 valence electrons. The molecule has 0 unspecified atom stereocenters. The van der Waals surface area contributed by atoms with Crippen LogP contribution in [0.15, 0.2) is 18.5 Å². The fraction of sp³-hybridized carbons (Fsp3) is 0.357. The van der Waals surface area contributed by atoms with Gasteiger partial charge >= 0.3 is 0 Å². The minimum absolute atomic E-state index is 0.764. The number of anilines is 1. The summed E-state index contributed by atoms with van der Waals surface area (Å²) < 4.78 is 0. The molecule has 0 fully saturated rings. The molecule has 0 aliphatic heterocycles. The van der Waals surface area contributed by atoms with E-state index in [0.29, 0.717) is 0 Å². The summed E-state index contributed by atoms with van der Waals surface area (Å²) in [6, 6.07) is 4.40. The zero-order valence-corrected chi connectivity index (χ0v) is 10.9. The molecule has 17 heavy (non-hydrogen) atoms. The Hall–Kier alpha value is -1.77. The van der Waals surface area contributed by atoms with Gasteiger partial charge in [-0.15, -0.1) is 0 Å². The third-order valence-electron chi connectivity index (χ3n) is 3.04. The first-order valence-corrected chi connectivity index (χ1v) is 5.88. The van der Waals surface area contributed by atoms with E-state index in [1.807, 2.05) is 6.92 Å². The minimum atomic E-state index is 0.764. The highest BCUT2D eigenvalue weighted by Crippen LogP contribution is 2.22. The minimum Gasteiger partial charge on any atom is -0.379 e. The van der Waals surface area contributed by atoms with Gasteiger partial charge in [0.1, 0.15) is 0 Å². The predicted molar refractivity (Wildman–Crippen MR) is 71.3 cm³/mol. The number of imidazole rings is 1. The number of nitrogens with zero attached hydrogens (tertiary/aromatic N) is 1. The van der Waals surface area contributed by atoms with Crippen LogP contribution < -0.4 is 5.32 Å². The van der Waals surface area contributed by atoms with Crippen LogP contribution in [0.3, 0.4) is 0 Å². The predicted octanol–water partition coefficient (Wildman–Crippen LogP) is 3.26. The lowest BCUT2D eigenvalue weighted by atomic mass is 10.1. The highest BCUT2D eigenvalue weighted by Gasteiger charge is 2.05. The van der Waals surface area contributed by atoms with E-state index in [2.05, 4.69) is 48.2 Å². The van der Waals surface area contributed by atoms with Crippen LogP contribution in [0.4, 0.5) is 5.69 Å². The molecule has 1 aromatic heterocycles. The lowest BCUT2D eigenvalue weighted by Crippen LogP contribution is -2.04. The zero-order chi connectivity index (χ0) is 12.4. The van der Waals surface area contributed by atoms with Crippen molar-refractivity contribution in [2.45, 2.75) is 34.2 Å². The second-order valence-corrected chi connectivity index (χ2v) is 4.60. The Labute approximate surface area is 102 Å². The Morgan fingerprint density at radius 1 is 1.12 bits per heavy atom. The Balaban J connectivity index is 2.17. The van der Waals surface area contributed by atoms with Crippen LogP contribution in [0, 0.1) is 27.7 Å². The van der Waals surface area contributed by atoms with Gasteiger partial charge < -0.3 is 10.3 Å². The molecule has 3 nitrogen and oxygen atoms in total. The number of rotatable bonds is 3. The van der Waals surface area contributed by atoms with Crippen LogP contribution >= 0.6 is 0 Å². The van der Waals surface area contributed by atoms with Gasteiger partial charge in [0, 0.05) is 11.4 Å². The summed E-state index contributed by atoms with van der Waals surface area (Å²) >= 11 is 0. The van der Waals surface area contributed by atoms with E-state index in [4.69, 9.17) is 0 Å². The second kappa shape index (κ2) is 4.62. The molecule has 0 radical (unpaired) electrons. The second-order valence-electron chi connectivity index (χ2n) is 4.60. The normalized spacial score (nSPS) is 10.6. The van der Waals surface area contributed by atoms with Gasteiger partial charge in [-0.2, -0.15) is 0 Å². The van der Waals surface area contributed by atoms with Gasteiger partial charge in [0.25, 0.3) is 0 Å². The number of aromatic amines is 1. The number of benzene rings is 1. The number of hydrogen-bond donors (Lipinski definition) is 2. The van der Waals surface area contributed by atoms with Gasteiger partial charge in [-0.05, 0) is 38.8 Å². The standard InChI is InChI=1S/C14H19N3/c1-9-5-10(2)14(11(3)6-9)15-7-13-12(4)16-8-17-13/h5-6,8,15H,7H2,1-4H3,(H,16,17). The Morgan fingerprint density at radius 2 is 1.76 bits per heavy atom. The molecule has 2 aromatic rings. The summed E-state index contributed by atoms with van der Waals surface area (Å²) in [5.41, 5.74) is 7.30. The maximum absolute atomic E-state index is 4.29. The van der Waals surface area contributed by atoms with E-state index in [1.165, 1.54) is 22.4 Å². The molecule has 0 bridgehead atoms. The maximum atomic E-state index is 4.29. The van der Waals surface area contributed by atoms with Crippen molar-refractivity contribution in [1.29, 1.82) is 0 Å². The van der Waals surface area contributed by atoms with E-state index in [0.717, 1.165) is 17.9 Å². The number of hydrogen-bond acceptors (Lipinski definition) is 2. The summed E-state index contributed by atoms with van der Waals surface area (Å²) in [7, 11) is 0. The first kappa shape index (κ1) is 11.7. The molecular formula is C14H19N3. The van der Waals surface area contributed by atoms with Crippen LogP contribution in [-0.2, 0) is 6.54 Å². The third-order valence-corrected chi connectivity index (χ3v) is 3.04. The summed E-state index contributed by atoms with van der Waals surface area (Å²) in [5.74, 6) is 0. The quantitative estimate of drug-likeness (QED) is 0.848. The van der Waals surface area contributed by atoms with Crippen molar-refractivity contribution < 1.29 is 0 Å². The van der Waals surface area contributed by atoms with Gasteiger partial charge in [-0.25, -0.2) is 4.98 Å². The number of aromatic nitrogens is 2. The van der Waals surface area contributed by atoms with Crippen LogP contribution in [0.25, 0.3) is 0 Å². The van der Waals surface area contributed by atoms with Gasteiger partial charge in [-0.1, -0.05) is 17.7 Å². The fourth-order valence-corrected chi connectivity index (χ4v) is 2.20. The Kier molecular flexibility index (Phi) is 3.18. The average molecular weight is 229 g/mol. The molecule has 0 atom stereocenters. The molecule has 0 saturated carbocycles. The number of aryl methyl sites for hydroxylation is 4. The molecular weight excluding hydrogens is 210 g/mol. The number of H-pyrrole nitrogens is 1. The summed E-state index contributed by atoms with van der Waals surface area (Å²) in [4.78, 5) is 7.38. The largest absolute Gasteiger partial charge is 0.379 e. The van der Waals surface area contributed by atoms with Crippen LogP contribution in [0.5, 0.6) is 0 Å². The third kappa shape index (κ3) is 2.49. The number of nitrogens with one attached hydrogen (secondary N) is 2. The average Bonchev–Trinajstić information content (AvgIpc) is 2.62. The van der Waals surface area contributed by atoms with E-state index >= 15 is 0 Å². The van der Waals surface area contributed by atoms with Gasteiger partial charge in [0.2, 0.25) is 0 Å². The molecule has 0 amide bonds. The lowest BCUT2D eigenvalue weighted by molar-refractivity contribution is 1.04. The Bertz CT molecular complexity index is 503. The van der Waals surface area contributed by atoms with Crippen molar-refractivity contribution in [3.63, 3.8) is 0 Å². The summed E-state index contributed by atoms with van der Waals surface area (Å²) in [6.07, 6.45) is 1.74. The highest BCUT2D eigenvalue weighted by atomic mass is 14.9. The zero-order valence-electron chi connectivity index (χ0n) is 10.9. The molecule has 1 aromatic carbocycles. The molecule has 0 aliphatic carbocycles. The van der Waals surface area contributed by atoms with Gasteiger partial charge in [-0.3, -0.25) is 0 Å². The first-order valence-electron chi connectivity index (χ1n) is 5.88. The van der Waals surface area contributed by atoms with Crippen LogP contribution in [0.1, 0.15) is 28.1 Å². The smallest absolute Gasteiger partial charge is 0.0925 e. The maximum Gasteiger partial charge on any atom is 0.0925 e. The molecule has 2 N–H and O–H groups in total. The van der Waals surface area contributed by atoms with E-state index in [9.17, 15) is 0 Å². The Morgan fingerprint density at radius 3 is 2.29 bits per heavy atom. The van der Waals surface area contributed by atoms with E-state index in [1.54, 1.807) is 6.33 Å².